The van der Waals surface area contributed by atoms with Crippen molar-refractivity contribution in [3.63, 3.8) is 0 Å². The van der Waals surface area contributed by atoms with Crippen LogP contribution in [0.4, 0.5) is 0 Å². The Bertz CT molecular complexity index is 622. The highest BCUT2D eigenvalue weighted by atomic mass is 32.2. The predicted octanol–water partition coefficient (Wildman–Crippen LogP) is -0.900. The van der Waals surface area contributed by atoms with Gasteiger partial charge in [-0.15, -0.1) is 0 Å². The number of primary amides is 1. The van der Waals surface area contributed by atoms with Gasteiger partial charge < -0.3 is 10.8 Å². The second kappa shape index (κ2) is 6.68. The monoisotopic (exact) mass is 318 g/mol. The summed E-state index contributed by atoms with van der Waals surface area (Å²) in [6, 6.07) is 0. The smallest absolute Gasteiger partial charge is 0.325 e. The molecule has 0 spiro atoms. The summed E-state index contributed by atoms with van der Waals surface area (Å²) in [6.45, 7) is 2.84. The fourth-order valence-corrected chi connectivity index (χ4v) is 3.21. The van der Waals surface area contributed by atoms with Gasteiger partial charge in [-0.3, -0.25) is 14.3 Å². The Morgan fingerprint density at radius 3 is 2.57 bits per heavy atom. The van der Waals surface area contributed by atoms with Crippen LogP contribution < -0.4 is 5.73 Å². The number of carbonyl (C=O) groups is 2. The van der Waals surface area contributed by atoms with Crippen LogP contribution in [-0.2, 0) is 26.2 Å². The van der Waals surface area contributed by atoms with Crippen molar-refractivity contribution in [2.45, 2.75) is 25.3 Å². The number of carboxylic acids is 1. The molecule has 10 heteroatoms. The molecule has 118 valence electrons. The highest BCUT2D eigenvalue weighted by Gasteiger charge is 2.28. The van der Waals surface area contributed by atoms with Gasteiger partial charge in [0.2, 0.25) is 15.9 Å². The van der Waals surface area contributed by atoms with Crippen molar-refractivity contribution >= 4 is 21.9 Å². The van der Waals surface area contributed by atoms with Crippen LogP contribution in [0.2, 0.25) is 0 Å². The number of rotatable bonds is 8. The van der Waals surface area contributed by atoms with Crippen molar-refractivity contribution in [2.24, 2.45) is 11.7 Å². The molecule has 0 aliphatic carbocycles. The highest BCUT2D eigenvalue weighted by Crippen LogP contribution is 2.16. The van der Waals surface area contributed by atoms with E-state index in [0.717, 1.165) is 21.4 Å². The molecule has 3 N–H and O–H groups in total. The van der Waals surface area contributed by atoms with E-state index in [0.29, 0.717) is 0 Å². The maximum atomic E-state index is 12.4. The summed E-state index contributed by atoms with van der Waals surface area (Å²) in [6.07, 6.45) is 2.16. The molecule has 0 fully saturated rings. The lowest BCUT2D eigenvalue weighted by Gasteiger charge is -2.21. The lowest BCUT2D eigenvalue weighted by Crippen LogP contribution is -2.40. The standard InChI is InChI=1S/C11H18N4O5S/c1-8(2)4-15(6-10(12)16)21(19,20)9-3-13-14(5-9)7-11(17)18/h3,5,8H,4,6-7H2,1-2H3,(H2,12,16)(H,17,18). The van der Waals surface area contributed by atoms with E-state index < -0.39 is 35.0 Å². The Morgan fingerprint density at radius 2 is 2.10 bits per heavy atom. The van der Waals surface area contributed by atoms with Gasteiger partial charge in [-0.05, 0) is 5.92 Å². The number of nitrogens with zero attached hydrogens (tertiary/aromatic N) is 3. The van der Waals surface area contributed by atoms with E-state index in [-0.39, 0.29) is 17.4 Å². The number of carboxylic acid groups (broad SMARTS) is 1. The normalized spacial score (nSPS) is 12.0. The molecule has 1 rings (SSSR count). The summed E-state index contributed by atoms with van der Waals surface area (Å²) in [5.74, 6) is -1.91. The number of sulfonamides is 1. The lowest BCUT2D eigenvalue weighted by molar-refractivity contribution is -0.137. The summed E-state index contributed by atoms with van der Waals surface area (Å²) in [4.78, 5) is 21.4. The van der Waals surface area contributed by atoms with Crippen molar-refractivity contribution in [3.05, 3.63) is 12.4 Å². The van der Waals surface area contributed by atoms with E-state index in [1.165, 1.54) is 0 Å². The quantitative estimate of drug-likeness (QED) is 0.637. The third-order valence-electron chi connectivity index (χ3n) is 2.45. The molecule has 1 aromatic heterocycles. The molecule has 0 saturated heterocycles. The topological polar surface area (TPSA) is 136 Å². The molecule has 1 heterocycles. The average Bonchev–Trinajstić information content (AvgIpc) is 2.75. The minimum absolute atomic E-state index is 0.00631. The van der Waals surface area contributed by atoms with Gasteiger partial charge in [-0.25, -0.2) is 8.42 Å². The van der Waals surface area contributed by atoms with Gasteiger partial charge in [0.25, 0.3) is 0 Å². The van der Waals surface area contributed by atoms with Crippen LogP contribution in [0.1, 0.15) is 13.8 Å². The largest absolute Gasteiger partial charge is 0.480 e. The predicted molar refractivity (Wildman–Crippen MR) is 72.7 cm³/mol. The molecule has 0 unspecified atom stereocenters. The van der Waals surface area contributed by atoms with Crippen molar-refractivity contribution in [2.75, 3.05) is 13.1 Å². The van der Waals surface area contributed by atoms with Crippen LogP contribution in [0.15, 0.2) is 17.3 Å². The zero-order valence-corrected chi connectivity index (χ0v) is 12.6. The molecule has 1 amide bonds. The van der Waals surface area contributed by atoms with Gasteiger partial charge in [0.05, 0.1) is 12.7 Å². The van der Waals surface area contributed by atoms with Crippen LogP contribution in [0.5, 0.6) is 0 Å². The minimum Gasteiger partial charge on any atom is -0.480 e. The first kappa shape index (κ1) is 17.1. The Hall–Kier alpha value is -1.94. The van der Waals surface area contributed by atoms with Gasteiger partial charge in [0.1, 0.15) is 11.4 Å². The Labute approximate surface area is 122 Å². The first-order valence-corrected chi connectivity index (χ1v) is 7.59. The summed E-state index contributed by atoms with van der Waals surface area (Å²) in [5, 5.41) is 12.3. The number of carbonyl (C=O) groups excluding carboxylic acids is 1. The number of hydrogen-bond donors (Lipinski definition) is 2. The van der Waals surface area contributed by atoms with Crippen molar-refractivity contribution in [1.82, 2.24) is 14.1 Å². The number of nitrogens with two attached hydrogens (primary N) is 1. The SMILES string of the molecule is CC(C)CN(CC(N)=O)S(=O)(=O)c1cnn(CC(=O)O)c1. The minimum atomic E-state index is -3.95. The van der Waals surface area contributed by atoms with Crippen LogP contribution in [0, 0.1) is 5.92 Å². The summed E-state index contributed by atoms with van der Waals surface area (Å²) < 4.78 is 26.8. The van der Waals surface area contributed by atoms with Gasteiger partial charge in [0, 0.05) is 12.7 Å². The fourth-order valence-electron chi connectivity index (χ4n) is 1.68. The third-order valence-corrected chi connectivity index (χ3v) is 4.21. The lowest BCUT2D eigenvalue weighted by atomic mass is 10.2. The second-order valence-electron chi connectivity index (χ2n) is 4.93. The molecule has 1 aromatic rings. The molecule has 21 heavy (non-hydrogen) atoms. The molecule has 0 aliphatic rings. The number of amides is 1. The van der Waals surface area contributed by atoms with E-state index >= 15 is 0 Å². The van der Waals surface area contributed by atoms with Gasteiger partial charge in [-0.2, -0.15) is 9.40 Å². The molecular weight excluding hydrogens is 300 g/mol. The van der Waals surface area contributed by atoms with E-state index in [1.54, 1.807) is 13.8 Å². The molecule has 0 aliphatic heterocycles. The van der Waals surface area contributed by atoms with E-state index in [9.17, 15) is 18.0 Å². The Morgan fingerprint density at radius 1 is 1.48 bits per heavy atom. The van der Waals surface area contributed by atoms with Gasteiger partial charge >= 0.3 is 5.97 Å². The van der Waals surface area contributed by atoms with E-state index in [4.69, 9.17) is 10.8 Å². The van der Waals surface area contributed by atoms with Gasteiger partial charge in [0.15, 0.2) is 0 Å². The summed E-state index contributed by atoms with van der Waals surface area (Å²) in [7, 11) is -3.95. The molecule has 9 nitrogen and oxygen atoms in total. The number of aliphatic carboxylic acids is 1. The molecular formula is C11H18N4O5S. The zero-order valence-electron chi connectivity index (χ0n) is 11.8. The van der Waals surface area contributed by atoms with Crippen LogP contribution in [0.3, 0.4) is 0 Å². The average molecular weight is 318 g/mol. The molecule has 0 saturated carbocycles. The van der Waals surface area contributed by atoms with Crippen molar-refractivity contribution < 1.29 is 23.1 Å². The third kappa shape index (κ3) is 4.83. The first-order valence-electron chi connectivity index (χ1n) is 6.15. The van der Waals surface area contributed by atoms with Crippen molar-refractivity contribution in [3.8, 4) is 0 Å². The van der Waals surface area contributed by atoms with Crippen LogP contribution in [-0.4, -0.2) is 52.6 Å². The fraction of sp³-hybridized carbons (Fsp3) is 0.545. The number of hydrogen-bond acceptors (Lipinski definition) is 5. The maximum absolute atomic E-state index is 12.4. The molecule has 0 bridgehead atoms. The molecule has 0 atom stereocenters. The van der Waals surface area contributed by atoms with E-state index in [2.05, 4.69) is 5.10 Å². The van der Waals surface area contributed by atoms with Gasteiger partial charge in [-0.1, -0.05) is 13.8 Å². The first-order chi connectivity index (χ1) is 9.62. The van der Waals surface area contributed by atoms with Crippen LogP contribution in [0.25, 0.3) is 0 Å². The van der Waals surface area contributed by atoms with E-state index in [1.807, 2.05) is 0 Å². The summed E-state index contributed by atoms with van der Waals surface area (Å²) in [5.41, 5.74) is 5.07. The highest BCUT2D eigenvalue weighted by molar-refractivity contribution is 7.89. The maximum Gasteiger partial charge on any atom is 0.325 e. The molecule has 0 radical (unpaired) electrons. The molecule has 0 aromatic carbocycles. The van der Waals surface area contributed by atoms with Crippen LogP contribution >= 0.6 is 0 Å². The number of aromatic nitrogens is 2. The zero-order chi connectivity index (χ0) is 16.2. The Balaban J connectivity index is 3.06. The Kier molecular flexibility index (Phi) is 5.44. The summed E-state index contributed by atoms with van der Waals surface area (Å²) >= 11 is 0. The second-order valence-corrected chi connectivity index (χ2v) is 6.86. The van der Waals surface area contributed by atoms with Crippen molar-refractivity contribution in [1.29, 1.82) is 0 Å².